The summed E-state index contributed by atoms with van der Waals surface area (Å²) in [6.07, 6.45) is -1.75. The van der Waals surface area contributed by atoms with E-state index in [4.69, 9.17) is 14.0 Å². The molecule has 0 fully saturated rings. The molecule has 2 heterocycles. The lowest BCUT2D eigenvalue weighted by Gasteiger charge is -2.08. The number of methoxy groups -OCH3 is 1. The topological polar surface area (TPSA) is 92.3 Å². The Morgan fingerprint density at radius 3 is 2.79 bits per heavy atom. The number of benzene rings is 1. The van der Waals surface area contributed by atoms with Crippen molar-refractivity contribution in [3.63, 3.8) is 0 Å². The number of ether oxygens (including phenoxy) is 2. The summed E-state index contributed by atoms with van der Waals surface area (Å²) in [6.45, 7) is 1.69. The van der Waals surface area contributed by atoms with Crippen LogP contribution in [-0.4, -0.2) is 33.0 Å². The average molecular weight is 410 g/mol. The second-order valence-corrected chi connectivity index (χ2v) is 5.97. The van der Waals surface area contributed by atoms with Crippen molar-refractivity contribution in [2.75, 3.05) is 7.11 Å². The second kappa shape index (κ2) is 8.33. The van der Waals surface area contributed by atoms with Gasteiger partial charge < -0.3 is 14.0 Å². The predicted molar refractivity (Wildman–Crippen MR) is 92.5 cm³/mol. The van der Waals surface area contributed by atoms with E-state index in [1.54, 1.807) is 0 Å². The van der Waals surface area contributed by atoms with Gasteiger partial charge in [0.05, 0.1) is 24.6 Å². The molecule has 3 aromatic rings. The lowest BCUT2D eigenvalue weighted by Crippen LogP contribution is -2.09. The van der Waals surface area contributed by atoms with Crippen LogP contribution in [0.25, 0.3) is 5.69 Å². The Morgan fingerprint density at radius 1 is 1.31 bits per heavy atom. The molecule has 0 saturated heterocycles. The molecule has 154 valence electrons. The first kappa shape index (κ1) is 20.4. The molecule has 1 aromatic carbocycles. The number of esters is 1. The molecular formula is C18H17F3N4O4. The molecule has 2 aromatic heterocycles. The molecule has 3 rings (SSSR count). The number of hydrogen-bond donors (Lipinski definition) is 0. The number of aromatic nitrogens is 4. The predicted octanol–water partition coefficient (Wildman–Crippen LogP) is 3.59. The van der Waals surface area contributed by atoms with Crippen molar-refractivity contribution < 1.29 is 32.0 Å². The van der Waals surface area contributed by atoms with Crippen LogP contribution in [0.15, 0.2) is 35.0 Å². The van der Waals surface area contributed by atoms with Crippen LogP contribution in [0.5, 0.6) is 5.75 Å². The number of halogens is 3. The number of hydrogen-bond acceptors (Lipinski definition) is 7. The molecule has 0 saturated carbocycles. The van der Waals surface area contributed by atoms with Crippen LogP contribution in [0.1, 0.15) is 41.1 Å². The summed E-state index contributed by atoms with van der Waals surface area (Å²) in [5, 5.41) is 7.75. The summed E-state index contributed by atoms with van der Waals surface area (Å²) in [7, 11) is 1.30. The van der Waals surface area contributed by atoms with Crippen molar-refractivity contribution in [3.05, 3.63) is 53.4 Å². The SMILES string of the molecule is CCCc1noc(COC(=O)c2nn(-c3cccc(C(F)(F)F)c3)cc2OC)n1. The van der Waals surface area contributed by atoms with Crippen molar-refractivity contribution in [1.29, 1.82) is 0 Å². The molecule has 0 spiro atoms. The van der Waals surface area contributed by atoms with Gasteiger partial charge in [0.2, 0.25) is 5.69 Å². The van der Waals surface area contributed by atoms with Crippen LogP contribution in [0.2, 0.25) is 0 Å². The molecule has 0 aliphatic heterocycles. The molecule has 0 radical (unpaired) electrons. The monoisotopic (exact) mass is 410 g/mol. The van der Waals surface area contributed by atoms with Gasteiger partial charge in [-0.1, -0.05) is 18.1 Å². The molecule has 0 N–H and O–H groups in total. The van der Waals surface area contributed by atoms with E-state index in [1.165, 1.54) is 25.4 Å². The summed E-state index contributed by atoms with van der Waals surface area (Å²) < 4.78 is 55.1. The summed E-state index contributed by atoms with van der Waals surface area (Å²) >= 11 is 0. The van der Waals surface area contributed by atoms with Crippen molar-refractivity contribution in [2.45, 2.75) is 32.5 Å². The van der Waals surface area contributed by atoms with Crippen LogP contribution >= 0.6 is 0 Å². The quantitative estimate of drug-likeness (QED) is 0.550. The van der Waals surface area contributed by atoms with Crippen LogP contribution in [-0.2, 0) is 23.9 Å². The number of aryl methyl sites for hydroxylation is 1. The molecular weight excluding hydrogens is 393 g/mol. The average Bonchev–Trinajstić information content (AvgIpc) is 3.33. The van der Waals surface area contributed by atoms with Crippen LogP contribution in [0.3, 0.4) is 0 Å². The summed E-state index contributed by atoms with van der Waals surface area (Å²) in [5.74, 6) is -0.171. The smallest absolute Gasteiger partial charge is 0.416 e. The molecule has 0 atom stereocenters. The fourth-order valence-corrected chi connectivity index (χ4v) is 2.48. The first-order valence-electron chi connectivity index (χ1n) is 8.61. The van der Waals surface area contributed by atoms with Crippen molar-refractivity contribution in [2.24, 2.45) is 0 Å². The van der Waals surface area contributed by atoms with Gasteiger partial charge >= 0.3 is 12.1 Å². The van der Waals surface area contributed by atoms with Crippen molar-refractivity contribution >= 4 is 5.97 Å². The minimum atomic E-state index is -4.50. The standard InChI is InChI=1S/C18H17F3N4O4/c1-3-5-14-22-15(29-24-14)10-28-17(26)16-13(27-2)9-25(23-16)12-7-4-6-11(8-12)18(19,20)21/h4,6-9H,3,5,10H2,1-2H3. The Kier molecular flexibility index (Phi) is 5.85. The fraction of sp³-hybridized carbons (Fsp3) is 0.333. The maximum atomic E-state index is 12.9. The van der Waals surface area contributed by atoms with Crippen LogP contribution in [0.4, 0.5) is 13.2 Å². The van der Waals surface area contributed by atoms with Gasteiger partial charge in [0.15, 0.2) is 18.2 Å². The van der Waals surface area contributed by atoms with Gasteiger partial charge in [-0.2, -0.15) is 23.3 Å². The highest BCUT2D eigenvalue weighted by Gasteiger charge is 2.31. The van der Waals surface area contributed by atoms with E-state index in [2.05, 4.69) is 15.2 Å². The third kappa shape index (κ3) is 4.73. The van der Waals surface area contributed by atoms with E-state index in [-0.39, 0.29) is 29.6 Å². The van der Waals surface area contributed by atoms with E-state index < -0.39 is 17.7 Å². The Hall–Kier alpha value is -3.37. The third-order valence-electron chi connectivity index (χ3n) is 3.84. The van der Waals surface area contributed by atoms with Gasteiger partial charge in [-0.25, -0.2) is 9.48 Å². The van der Waals surface area contributed by atoms with Gasteiger partial charge in [-0.3, -0.25) is 0 Å². The molecule has 0 bridgehead atoms. The normalized spacial score (nSPS) is 11.5. The van der Waals surface area contributed by atoms with Crippen LogP contribution in [0, 0.1) is 0 Å². The van der Waals surface area contributed by atoms with Gasteiger partial charge in [0.1, 0.15) is 0 Å². The molecule has 0 amide bonds. The summed E-state index contributed by atoms with van der Waals surface area (Å²) in [6, 6.07) is 4.52. The number of alkyl halides is 3. The Bertz CT molecular complexity index is 997. The minimum Gasteiger partial charge on any atom is -0.493 e. The molecule has 0 unspecified atom stereocenters. The van der Waals surface area contributed by atoms with E-state index in [1.807, 2.05) is 6.92 Å². The highest BCUT2D eigenvalue weighted by molar-refractivity contribution is 5.90. The first-order valence-corrected chi connectivity index (χ1v) is 8.61. The second-order valence-electron chi connectivity index (χ2n) is 5.97. The highest BCUT2D eigenvalue weighted by Crippen LogP contribution is 2.30. The van der Waals surface area contributed by atoms with Gasteiger partial charge in [0, 0.05) is 6.42 Å². The first-order chi connectivity index (χ1) is 13.8. The lowest BCUT2D eigenvalue weighted by atomic mass is 10.2. The lowest BCUT2D eigenvalue weighted by molar-refractivity contribution is -0.137. The van der Waals surface area contributed by atoms with Crippen LogP contribution < -0.4 is 4.74 Å². The molecule has 29 heavy (non-hydrogen) atoms. The summed E-state index contributed by atoms with van der Waals surface area (Å²) in [5.41, 5.74) is -0.927. The van der Waals surface area contributed by atoms with Gasteiger partial charge in [-0.05, 0) is 24.6 Å². The number of carbonyl (C=O) groups is 1. The molecule has 11 heteroatoms. The highest BCUT2D eigenvalue weighted by atomic mass is 19.4. The van der Waals surface area contributed by atoms with E-state index >= 15 is 0 Å². The minimum absolute atomic E-state index is 0.0459. The van der Waals surface area contributed by atoms with Crippen molar-refractivity contribution in [1.82, 2.24) is 19.9 Å². The Labute approximate surface area is 163 Å². The van der Waals surface area contributed by atoms with Gasteiger partial charge in [-0.15, -0.1) is 0 Å². The number of carbonyl (C=O) groups excluding carboxylic acids is 1. The zero-order chi connectivity index (χ0) is 21.0. The fourth-order valence-electron chi connectivity index (χ4n) is 2.48. The van der Waals surface area contributed by atoms with E-state index in [0.717, 1.165) is 23.2 Å². The van der Waals surface area contributed by atoms with E-state index in [9.17, 15) is 18.0 Å². The van der Waals surface area contributed by atoms with Crippen molar-refractivity contribution in [3.8, 4) is 11.4 Å². The Balaban J connectivity index is 1.78. The Morgan fingerprint density at radius 2 is 2.10 bits per heavy atom. The third-order valence-corrected chi connectivity index (χ3v) is 3.84. The van der Waals surface area contributed by atoms with E-state index in [0.29, 0.717) is 12.2 Å². The maximum absolute atomic E-state index is 12.9. The molecule has 0 aliphatic rings. The van der Waals surface area contributed by atoms with Gasteiger partial charge in [0.25, 0.3) is 5.89 Å². The number of rotatable bonds is 7. The zero-order valence-corrected chi connectivity index (χ0v) is 15.6. The number of nitrogens with zero attached hydrogens (tertiary/aromatic N) is 4. The molecule has 8 nitrogen and oxygen atoms in total. The zero-order valence-electron chi connectivity index (χ0n) is 15.6. The summed E-state index contributed by atoms with van der Waals surface area (Å²) in [4.78, 5) is 16.4. The maximum Gasteiger partial charge on any atom is 0.416 e. The largest absolute Gasteiger partial charge is 0.493 e. The molecule has 0 aliphatic carbocycles.